The molecule has 264 valence electrons. The van der Waals surface area contributed by atoms with Crippen LogP contribution >= 0.6 is 23.4 Å². The first-order valence-corrected chi connectivity index (χ1v) is 20.4. The number of piperidine rings is 2. The first-order chi connectivity index (χ1) is 22.2. The normalized spacial score (nSPS) is 36.0. The summed E-state index contributed by atoms with van der Waals surface area (Å²) in [5, 5.41) is 3.76. The number of hydrogen-bond donors (Lipinski definition) is 2. The number of fused-ring (bicyclic) bond motifs is 2. The van der Waals surface area contributed by atoms with E-state index in [-0.39, 0.29) is 65.1 Å². The van der Waals surface area contributed by atoms with Gasteiger partial charge in [-0.2, -0.15) is 11.8 Å². The number of rotatable bonds is 8. The maximum atomic E-state index is 13.8. The van der Waals surface area contributed by atoms with E-state index in [0.29, 0.717) is 56.2 Å². The lowest BCUT2D eigenvalue weighted by atomic mass is 9.70. The Balaban J connectivity index is 1.12. The Labute approximate surface area is 285 Å². The molecule has 2 N–H and O–H groups in total. The predicted molar refractivity (Wildman–Crippen MR) is 179 cm³/mol. The second kappa shape index (κ2) is 14.1. The van der Waals surface area contributed by atoms with Gasteiger partial charge in [-0.25, -0.2) is 22.2 Å². The molecule has 6 rings (SSSR count). The maximum absolute atomic E-state index is 13.8. The van der Waals surface area contributed by atoms with Gasteiger partial charge in [0.1, 0.15) is 5.82 Å². The van der Waals surface area contributed by atoms with Crippen molar-refractivity contribution in [3.63, 3.8) is 0 Å². The van der Waals surface area contributed by atoms with E-state index in [2.05, 4.69) is 21.9 Å². The van der Waals surface area contributed by atoms with Crippen LogP contribution in [0.2, 0.25) is 0 Å². The van der Waals surface area contributed by atoms with Crippen LogP contribution in [0.1, 0.15) is 69.0 Å². The Morgan fingerprint density at radius 2 is 1.94 bits per heavy atom. The van der Waals surface area contributed by atoms with E-state index >= 15 is 0 Å². The van der Waals surface area contributed by atoms with Gasteiger partial charge >= 0.3 is 0 Å². The molecule has 0 bridgehead atoms. The molecule has 8 unspecified atom stereocenters. The van der Waals surface area contributed by atoms with Crippen LogP contribution in [0.3, 0.4) is 0 Å². The molecule has 1 aromatic heterocycles. The first-order valence-electron chi connectivity index (χ1n) is 17.0. The molecule has 10 nitrogen and oxygen atoms in total. The number of amides is 1. The molecule has 1 saturated carbocycles. The van der Waals surface area contributed by atoms with Gasteiger partial charge in [-0.1, -0.05) is 0 Å². The fourth-order valence-corrected chi connectivity index (χ4v) is 11.5. The van der Waals surface area contributed by atoms with Crippen molar-refractivity contribution < 1.29 is 26.7 Å². The number of nitrogens with one attached hydrogen (secondary N) is 2. The summed E-state index contributed by atoms with van der Waals surface area (Å²) >= 11 is 8.48. The third kappa shape index (κ3) is 8.03. The van der Waals surface area contributed by atoms with Gasteiger partial charge in [0.05, 0.1) is 37.1 Å². The van der Waals surface area contributed by atoms with Gasteiger partial charge in [0.25, 0.3) is 11.5 Å². The zero-order valence-electron chi connectivity index (χ0n) is 27.4. The Kier molecular flexibility index (Phi) is 10.7. The average Bonchev–Trinajstić information content (AvgIpc) is 3.42. The van der Waals surface area contributed by atoms with Crippen LogP contribution < -0.4 is 15.6 Å². The van der Waals surface area contributed by atoms with Crippen LogP contribution in [-0.4, -0.2) is 101 Å². The number of nitrogens with zero attached hydrogens (tertiary/aromatic N) is 3. The number of hydrogen-bond acceptors (Lipinski definition) is 9. The van der Waals surface area contributed by atoms with E-state index < -0.39 is 27.8 Å². The fourth-order valence-electron chi connectivity index (χ4n) is 8.78. The molecule has 9 atom stereocenters. The SMILES string of the molecule is Cc1nc2c(c(=O)n1CCOC1CCC(Cl)CC1C1CC(C)NC3C(C(=O)NS(C)(=O)=O)CSC13)C[C@@H](N1CCC(F)(F)CC1)CC2. The van der Waals surface area contributed by atoms with Crippen molar-refractivity contribution in [1.29, 1.82) is 0 Å². The molecule has 1 aromatic rings. The fraction of sp³-hybridized carbons (Fsp3) is 0.844. The summed E-state index contributed by atoms with van der Waals surface area (Å²) in [5.41, 5.74) is 1.48. The van der Waals surface area contributed by atoms with E-state index in [1.165, 1.54) is 0 Å². The number of sulfonamides is 1. The number of carbonyl (C=O) groups is 1. The highest BCUT2D eigenvalue weighted by Gasteiger charge is 2.52. The molecular weight excluding hydrogens is 672 g/mol. The van der Waals surface area contributed by atoms with Crippen molar-refractivity contribution >= 4 is 39.3 Å². The minimum absolute atomic E-state index is 0.0352. The molecule has 1 amide bonds. The molecule has 47 heavy (non-hydrogen) atoms. The number of halogens is 3. The van der Waals surface area contributed by atoms with Crippen LogP contribution in [0.15, 0.2) is 4.79 Å². The molecule has 0 aromatic carbocycles. The molecule has 2 aliphatic carbocycles. The first kappa shape index (κ1) is 35.5. The number of alkyl halides is 3. The Hall–Kier alpha value is -1.32. The number of thioether (sulfide) groups is 1. The highest BCUT2D eigenvalue weighted by Crippen LogP contribution is 2.48. The lowest BCUT2D eigenvalue weighted by molar-refractivity contribution is -0.123. The molecule has 4 heterocycles. The quantitative estimate of drug-likeness (QED) is 0.391. The number of carbonyl (C=O) groups excluding carboxylic acids is 1. The Bertz CT molecular complexity index is 1490. The van der Waals surface area contributed by atoms with E-state index in [9.17, 15) is 26.8 Å². The van der Waals surface area contributed by atoms with Crippen LogP contribution in [0.25, 0.3) is 0 Å². The maximum Gasteiger partial charge on any atom is 0.257 e. The number of likely N-dealkylation sites (tertiary alicyclic amines) is 1. The highest BCUT2D eigenvalue weighted by atomic mass is 35.5. The van der Waals surface area contributed by atoms with E-state index in [1.54, 1.807) is 16.3 Å². The van der Waals surface area contributed by atoms with Crippen LogP contribution in [0, 0.1) is 24.7 Å². The van der Waals surface area contributed by atoms with Gasteiger partial charge in [-0.05, 0) is 70.6 Å². The molecular formula is C32H48ClF2N5O5S2. The van der Waals surface area contributed by atoms with Gasteiger partial charge in [0.2, 0.25) is 15.9 Å². The lowest BCUT2D eigenvalue weighted by Gasteiger charge is -2.47. The molecule has 15 heteroatoms. The summed E-state index contributed by atoms with van der Waals surface area (Å²) in [6.45, 7) is 5.39. The molecule has 0 spiro atoms. The largest absolute Gasteiger partial charge is 0.376 e. The lowest BCUT2D eigenvalue weighted by Crippen LogP contribution is -2.58. The second-order valence-corrected chi connectivity index (χ2v) is 18.0. The smallest absolute Gasteiger partial charge is 0.257 e. The van der Waals surface area contributed by atoms with Gasteiger partial charge in [0.15, 0.2) is 0 Å². The van der Waals surface area contributed by atoms with Gasteiger partial charge in [0, 0.05) is 66.0 Å². The Morgan fingerprint density at radius 3 is 2.66 bits per heavy atom. The van der Waals surface area contributed by atoms with Gasteiger partial charge in [-0.3, -0.25) is 23.8 Å². The summed E-state index contributed by atoms with van der Waals surface area (Å²) in [6, 6.07) is 0.0893. The molecule has 3 saturated heterocycles. The summed E-state index contributed by atoms with van der Waals surface area (Å²) in [5.74, 6) is -1.88. The van der Waals surface area contributed by atoms with Crippen molar-refractivity contribution in [2.75, 3.05) is 31.7 Å². The van der Waals surface area contributed by atoms with Crippen LogP contribution in [0.4, 0.5) is 8.78 Å². The standard InChI is InChI=1S/C32H48ClF2N5O5S2/c1-18-14-23(29-28(36-18)25(17-46-29)30(41)38-47(3,43)44)22-15-20(33)4-7-27(22)45-13-12-40-19(2)37-26-6-5-21(16-24(26)31(40)42)39-10-8-32(34,35)9-11-39/h18,20-23,25,27-29,36H,4-17H2,1-3H3,(H,38,41)/t18?,20?,21-,22?,23?,25?,27?,28?,29?/m0/s1. The number of aryl methyl sites for hydroxylation is 2. The average molecular weight is 720 g/mol. The second-order valence-electron chi connectivity index (χ2n) is 14.4. The molecule has 0 radical (unpaired) electrons. The summed E-state index contributed by atoms with van der Waals surface area (Å²) < 4.78 is 61.6. The highest BCUT2D eigenvalue weighted by molar-refractivity contribution is 8.00. The molecule has 5 aliphatic rings. The summed E-state index contributed by atoms with van der Waals surface area (Å²) in [6.07, 6.45) is 6.08. The minimum atomic E-state index is -3.65. The summed E-state index contributed by atoms with van der Waals surface area (Å²) in [7, 11) is -3.65. The topological polar surface area (TPSA) is 123 Å². The third-order valence-corrected chi connectivity index (χ3v) is 13.7. The van der Waals surface area contributed by atoms with Crippen LogP contribution in [-0.2, 0) is 38.9 Å². The Morgan fingerprint density at radius 1 is 1.19 bits per heavy atom. The minimum Gasteiger partial charge on any atom is -0.376 e. The van der Waals surface area contributed by atoms with Crippen molar-refractivity contribution in [3.8, 4) is 0 Å². The van der Waals surface area contributed by atoms with E-state index in [1.807, 2.05) is 6.92 Å². The van der Waals surface area contributed by atoms with E-state index in [4.69, 9.17) is 21.3 Å². The zero-order chi connectivity index (χ0) is 33.7. The number of ether oxygens (including phenoxy) is 1. The van der Waals surface area contributed by atoms with E-state index in [0.717, 1.165) is 44.1 Å². The zero-order valence-corrected chi connectivity index (χ0v) is 29.8. The van der Waals surface area contributed by atoms with Gasteiger partial charge in [-0.15, -0.1) is 11.6 Å². The third-order valence-electron chi connectivity index (χ3n) is 11.1. The van der Waals surface area contributed by atoms with Crippen LogP contribution in [0.5, 0.6) is 0 Å². The van der Waals surface area contributed by atoms with Gasteiger partial charge < -0.3 is 10.1 Å². The predicted octanol–water partition coefficient (Wildman–Crippen LogP) is 3.11. The number of aromatic nitrogens is 2. The van der Waals surface area contributed by atoms with Crippen molar-refractivity contribution in [1.82, 2.24) is 24.5 Å². The summed E-state index contributed by atoms with van der Waals surface area (Å²) in [4.78, 5) is 33.6. The van der Waals surface area contributed by atoms with Crippen molar-refractivity contribution in [3.05, 3.63) is 27.4 Å². The van der Waals surface area contributed by atoms with Crippen molar-refractivity contribution in [2.24, 2.45) is 17.8 Å². The van der Waals surface area contributed by atoms with Crippen molar-refractivity contribution in [2.45, 2.75) is 119 Å². The molecule has 4 fully saturated rings. The molecule has 3 aliphatic heterocycles. The monoisotopic (exact) mass is 719 g/mol.